The second-order valence-electron chi connectivity index (χ2n) is 5.56. The van der Waals surface area contributed by atoms with Crippen LogP contribution < -0.4 is 9.64 Å². The number of hydrogen-bond acceptors (Lipinski definition) is 2. The monoisotopic (exact) mass is 343 g/mol. The summed E-state index contributed by atoms with van der Waals surface area (Å²) in [5.41, 5.74) is 1.36. The Labute approximate surface area is 131 Å². The highest BCUT2D eigenvalue weighted by atomic mass is 79.9. The van der Waals surface area contributed by atoms with Crippen molar-refractivity contribution in [1.82, 2.24) is 0 Å². The third-order valence-electron chi connectivity index (χ3n) is 4.27. The van der Waals surface area contributed by atoms with Crippen LogP contribution in [-0.2, 0) is 11.2 Å². The van der Waals surface area contributed by atoms with Crippen molar-refractivity contribution < 1.29 is 9.53 Å². The molecule has 0 saturated carbocycles. The number of benzene rings is 2. The molecule has 3 nitrogen and oxygen atoms in total. The predicted molar refractivity (Wildman–Crippen MR) is 84.6 cm³/mol. The van der Waals surface area contributed by atoms with E-state index < -0.39 is 5.60 Å². The molecule has 2 aromatic rings. The molecule has 2 heterocycles. The van der Waals surface area contributed by atoms with E-state index in [0.29, 0.717) is 13.0 Å². The van der Waals surface area contributed by atoms with E-state index in [4.69, 9.17) is 4.74 Å². The molecule has 2 aliphatic heterocycles. The third-order valence-corrected chi connectivity index (χ3v) is 4.80. The summed E-state index contributed by atoms with van der Waals surface area (Å²) in [7, 11) is 0. The van der Waals surface area contributed by atoms with Gasteiger partial charge >= 0.3 is 0 Å². The summed E-state index contributed by atoms with van der Waals surface area (Å²) in [4.78, 5) is 14.7. The zero-order chi connectivity index (χ0) is 14.4. The number of rotatable bonds is 1. The average Bonchev–Trinajstić information content (AvgIpc) is 3.02. The van der Waals surface area contributed by atoms with Crippen LogP contribution in [0.3, 0.4) is 0 Å². The summed E-state index contributed by atoms with van der Waals surface area (Å²) in [6.45, 7) is 0.703. The molecule has 0 radical (unpaired) electrons. The highest BCUT2D eigenvalue weighted by Crippen LogP contribution is 2.42. The van der Waals surface area contributed by atoms with Crippen LogP contribution in [-0.4, -0.2) is 18.1 Å². The standard InChI is InChI=1S/C17H14BrNO2/c18-13-5-7-14(8-6-13)19-10-9-17(16(19)20)11-12-3-1-2-4-15(12)21-17/h1-8H,9-11H2. The number of amides is 1. The van der Waals surface area contributed by atoms with E-state index in [2.05, 4.69) is 15.9 Å². The van der Waals surface area contributed by atoms with Gasteiger partial charge in [-0.25, -0.2) is 0 Å². The maximum Gasteiger partial charge on any atom is 0.271 e. The normalized spacial score (nSPS) is 23.5. The van der Waals surface area contributed by atoms with Crippen LogP contribution in [0, 0.1) is 0 Å². The molecule has 0 aliphatic carbocycles. The molecule has 1 unspecified atom stereocenters. The summed E-state index contributed by atoms with van der Waals surface area (Å²) < 4.78 is 7.05. The number of carbonyl (C=O) groups is 1. The number of nitrogens with zero attached hydrogens (tertiary/aromatic N) is 1. The predicted octanol–water partition coefficient (Wildman–Crippen LogP) is 3.56. The summed E-state index contributed by atoms with van der Waals surface area (Å²) in [6.07, 6.45) is 1.41. The fraction of sp³-hybridized carbons (Fsp3) is 0.235. The first kappa shape index (κ1) is 12.9. The van der Waals surface area contributed by atoms with Gasteiger partial charge in [0.05, 0.1) is 0 Å². The summed E-state index contributed by atoms with van der Waals surface area (Å²) in [6, 6.07) is 15.8. The lowest BCUT2D eigenvalue weighted by Crippen LogP contribution is -2.44. The van der Waals surface area contributed by atoms with Gasteiger partial charge in [-0.1, -0.05) is 34.1 Å². The Bertz CT molecular complexity index is 686. The Kier molecular flexibility index (Phi) is 2.82. The molecule has 2 aromatic carbocycles. The quantitative estimate of drug-likeness (QED) is 0.792. The molecule has 0 bridgehead atoms. The molecule has 0 N–H and O–H groups in total. The van der Waals surface area contributed by atoms with E-state index in [1.54, 1.807) is 0 Å². The van der Waals surface area contributed by atoms with Crippen molar-refractivity contribution >= 4 is 27.5 Å². The Balaban J connectivity index is 1.64. The third kappa shape index (κ3) is 1.97. The topological polar surface area (TPSA) is 29.5 Å². The van der Waals surface area contributed by atoms with Crippen molar-refractivity contribution in [2.45, 2.75) is 18.4 Å². The zero-order valence-corrected chi connectivity index (χ0v) is 13.0. The highest BCUT2D eigenvalue weighted by molar-refractivity contribution is 9.10. The highest BCUT2D eigenvalue weighted by Gasteiger charge is 2.52. The van der Waals surface area contributed by atoms with E-state index in [9.17, 15) is 4.79 Å². The smallest absolute Gasteiger partial charge is 0.271 e. The first-order valence-electron chi connectivity index (χ1n) is 7.02. The first-order chi connectivity index (χ1) is 10.2. The van der Waals surface area contributed by atoms with E-state index in [-0.39, 0.29) is 5.91 Å². The van der Waals surface area contributed by atoms with Gasteiger partial charge in [0.1, 0.15) is 5.75 Å². The van der Waals surface area contributed by atoms with Gasteiger partial charge in [-0.05, 0) is 35.9 Å². The van der Waals surface area contributed by atoms with Gasteiger partial charge in [-0.3, -0.25) is 4.79 Å². The fourth-order valence-electron chi connectivity index (χ4n) is 3.18. The summed E-state index contributed by atoms with van der Waals surface area (Å²) in [5, 5.41) is 0. The maximum atomic E-state index is 12.9. The van der Waals surface area contributed by atoms with Gasteiger partial charge < -0.3 is 9.64 Å². The van der Waals surface area contributed by atoms with Crippen LogP contribution in [0.2, 0.25) is 0 Å². The number of fused-ring (bicyclic) bond motifs is 1. The average molecular weight is 344 g/mol. The number of halogens is 1. The van der Waals surface area contributed by atoms with Crippen molar-refractivity contribution in [2.75, 3.05) is 11.4 Å². The molecule has 0 aromatic heterocycles. The van der Waals surface area contributed by atoms with Crippen molar-refractivity contribution in [2.24, 2.45) is 0 Å². The van der Waals surface area contributed by atoms with Crippen LogP contribution in [0.4, 0.5) is 5.69 Å². The van der Waals surface area contributed by atoms with Gasteiger partial charge in [0, 0.05) is 29.5 Å². The zero-order valence-electron chi connectivity index (χ0n) is 11.4. The number of hydrogen-bond donors (Lipinski definition) is 0. The molecular weight excluding hydrogens is 330 g/mol. The van der Waals surface area contributed by atoms with Gasteiger partial charge in [0.2, 0.25) is 0 Å². The lowest BCUT2D eigenvalue weighted by atomic mass is 9.96. The Morgan fingerprint density at radius 1 is 1.10 bits per heavy atom. The number of anilines is 1. The van der Waals surface area contributed by atoms with Crippen molar-refractivity contribution in [3.63, 3.8) is 0 Å². The van der Waals surface area contributed by atoms with Crippen molar-refractivity contribution in [1.29, 1.82) is 0 Å². The molecule has 106 valence electrons. The van der Waals surface area contributed by atoms with Gasteiger partial charge in [0.25, 0.3) is 5.91 Å². The summed E-state index contributed by atoms with van der Waals surface area (Å²) >= 11 is 3.42. The molecule has 21 heavy (non-hydrogen) atoms. The molecule has 1 fully saturated rings. The van der Waals surface area contributed by atoms with Crippen LogP contribution in [0.15, 0.2) is 53.0 Å². The Morgan fingerprint density at radius 3 is 2.62 bits per heavy atom. The number of para-hydroxylation sites is 1. The minimum Gasteiger partial charge on any atom is -0.477 e. The molecule has 1 spiro atoms. The number of ether oxygens (including phenoxy) is 1. The molecular formula is C17H14BrNO2. The van der Waals surface area contributed by atoms with E-state index in [1.165, 1.54) is 0 Å². The molecule has 1 saturated heterocycles. The van der Waals surface area contributed by atoms with Crippen LogP contribution in [0.1, 0.15) is 12.0 Å². The Morgan fingerprint density at radius 2 is 1.86 bits per heavy atom. The second-order valence-corrected chi connectivity index (χ2v) is 6.48. The largest absolute Gasteiger partial charge is 0.477 e. The molecule has 4 rings (SSSR count). The lowest BCUT2D eigenvalue weighted by Gasteiger charge is -2.22. The lowest BCUT2D eigenvalue weighted by molar-refractivity contribution is -0.129. The molecule has 1 amide bonds. The van der Waals surface area contributed by atoms with Crippen molar-refractivity contribution in [3.05, 3.63) is 58.6 Å². The van der Waals surface area contributed by atoms with Crippen LogP contribution >= 0.6 is 15.9 Å². The SMILES string of the molecule is O=C1N(c2ccc(Br)cc2)CCC12Cc1ccccc1O2. The summed E-state index contributed by atoms with van der Waals surface area (Å²) in [5.74, 6) is 0.921. The van der Waals surface area contributed by atoms with Gasteiger partial charge in [-0.15, -0.1) is 0 Å². The second kappa shape index (κ2) is 4.60. The van der Waals surface area contributed by atoms with Crippen LogP contribution in [0.25, 0.3) is 0 Å². The maximum absolute atomic E-state index is 12.9. The van der Waals surface area contributed by atoms with E-state index in [0.717, 1.165) is 27.9 Å². The van der Waals surface area contributed by atoms with Gasteiger partial charge in [0.15, 0.2) is 5.60 Å². The van der Waals surface area contributed by atoms with E-state index in [1.807, 2.05) is 53.4 Å². The fourth-order valence-corrected chi connectivity index (χ4v) is 3.44. The van der Waals surface area contributed by atoms with Crippen LogP contribution in [0.5, 0.6) is 5.75 Å². The van der Waals surface area contributed by atoms with E-state index >= 15 is 0 Å². The molecule has 2 aliphatic rings. The van der Waals surface area contributed by atoms with Gasteiger partial charge in [-0.2, -0.15) is 0 Å². The minimum absolute atomic E-state index is 0.0704. The van der Waals surface area contributed by atoms with Crippen molar-refractivity contribution in [3.8, 4) is 5.75 Å². The molecule has 1 atom stereocenters. The Hall–Kier alpha value is -1.81. The first-order valence-corrected chi connectivity index (χ1v) is 7.82. The molecule has 4 heteroatoms. The minimum atomic E-state index is -0.698. The number of carbonyl (C=O) groups excluding carboxylic acids is 1.